The molecule has 0 amide bonds. The first-order valence-corrected chi connectivity index (χ1v) is 8.60. The summed E-state index contributed by atoms with van der Waals surface area (Å²) in [5.41, 5.74) is 5.83. The van der Waals surface area contributed by atoms with Gasteiger partial charge in [-0.25, -0.2) is 0 Å². The predicted octanol–water partition coefficient (Wildman–Crippen LogP) is 3.82. The van der Waals surface area contributed by atoms with Crippen molar-refractivity contribution < 1.29 is 0 Å². The Kier molecular flexibility index (Phi) is 6.25. The van der Waals surface area contributed by atoms with Gasteiger partial charge in [-0.1, -0.05) is 24.6 Å². The van der Waals surface area contributed by atoms with Crippen LogP contribution in [0.2, 0.25) is 0 Å². The van der Waals surface area contributed by atoms with E-state index in [0.29, 0.717) is 0 Å². The van der Waals surface area contributed by atoms with E-state index >= 15 is 0 Å². The average Bonchev–Trinajstić information content (AvgIpc) is 2.44. The van der Waals surface area contributed by atoms with E-state index in [0.717, 1.165) is 12.5 Å². The summed E-state index contributed by atoms with van der Waals surface area (Å²) in [5.74, 6) is 0.830. The van der Waals surface area contributed by atoms with Crippen LogP contribution in [0.15, 0.2) is 12.1 Å². The van der Waals surface area contributed by atoms with Crippen LogP contribution in [0.5, 0.6) is 0 Å². The van der Waals surface area contributed by atoms with Gasteiger partial charge in [0.1, 0.15) is 0 Å². The summed E-state index contributed by atoms with van der Waals surface area (Å²) in [5, 5.41) is 3.55. The maximum absolute atomic E-state index is 3.55. The van der Waals surface area contributed by atoms with Gasteiger partial charge in [-0.2, -0.15) is 0 Å². The van der Waals surface area contributed by atoms with Gasteiger partial charge in [-0.3, -0.25) is 4.90 Å². The molecule has 0 spiro atoms. The highest BCUT2D eigenvalue weighted by molar-refractivity contribution is 5.37. The normalized spacial score (nSPS) is 19.2. The summed E-state index contributed by atoms with van der Waals surface area (Å²) in [7, 11) is 0. The van der Waals surface area contributed by atoms with Crippen LogP contribution in [0.4, 0.5) is 0 Å². The molecule has 2 heteroatoms. The van der Waals surface area contributed by atoms with Gasteiger partial charge in [-0.05, 0) is 82.3 Å². The molecule has 0 aromatic heterocycles. The van der Waals surface area contributed by atoms with Crippen molar-refractivity contribution in [1.29, 1.82) is 0 Å². The largest absolute Gasteiger partial charge is 0.316 e. The van der Waals surface area contributed by atoms with Gasteiger partial charge < -0.3 is 5.32 Å². The van der Waals surface area contributed by atoms with E-state index in [4.69, 9.17) is 0 Å². The third-order valence-electron chi connectivity index (χ3n) is 4.68. The molecule has 1 fully saturated rings. The summed E-state index contributed by atoms with van der Waals surface area (Å²) in [6, 6.07) is 4.66. The van der Waals surface area contributed by atoms with Crippen molar-refractivity contribution in [2.75, 3.05) is 26.2 Å². The van der Waals surface area contributed by atoms with E-state index in [-0.39, 0.29) is 0 Å². The highest BCUT2D eigenvalue weighted by Crippen LogP contribution is 2.20. The quantitative estimate of drug-likeness (QED) is 0.856. The minimum absolute atomic E-state index is 0.830. The third kappa shape index (κ3) is 4.82. The fraction of sp³-hybridized carbons (Fsp3) is 0.684. The zero-order valence-corrected chi connectivity index (χ0v) is 14.3. The third-order valence-corrected chi connectivity index (χ3v) is 4.68. The van der Waals surface area contributed by atoms with Gasteiger partial charge in [-0.15, -0.1) is 0 Å². The number of nitrogens with one attached hydrogen (secondary N) is 1. The molecular formula is C19H32N2. The number of nitrogens with zero attached hydrogens (tertiary/aromatic N) is 1. The molecule has 1 aromatic rings. The average molecular weight is 288 g/mol. The first kappa shape index (κ1) is 16.5. The zero-order chi connectivity index (χ0) is 15.2. The number of hydrogen-bond donors (Lipinski definition) is 1. The SMILES string of the molecule is CCCN(Cc1c(C)cc(C)cc1C)CC1CCCNC1. The number of benzene rings is 1. The van der Waals surface area contributed by atoms with Crippen molar-refractivity contribution >= 4 is 0 Å². The summed E-state index contributed by atoms with van der Waals surface area (Å²) >= 11 is 0. The number of piperidine rings is 1. The van der Waals surface area contributed by atoms with E-state index in [1.54, 1.807) is 0 Å². The van der Waals surface area contributed by atoms with Crippen molar-refractivity contribution in [2.24, 2.45) is 5.92 Å². The monoisotopic (exact) mass is 288 g/mol. The Labute approximate surface area is 130 Å². The van der Waals surface area contributed by atoms with Gasteiger partial charge in [0, 0.05) is 13.1 Å². The van der Waals surface area contributed by atoms with Crippen LogP contribution in [-0.2, 0) is 6.54 Å². The molecule has 1 atom stereocenters. The number of rotatable bonds is 6. The molecule has 118 valence electrons. The highest BCUT2D eigenvalue weighted by Gasteiger charge is 2.18. The second-order valence-corrected chi connectivity index (χ2v) is 6.82. The summed E-state index contributed by atoms with van der Waals surface area (Å²) in [4.78, 5) is 2.67. The maximum Gasteiger partial charge on any atom is 0.0239 e. The molecule has 0 radical (unpaired) electrons. The van der Waals surface area contributed by atoms with Crippen molar-refractivity contribution in [3.63, 3.8) is 0 Å². The van der Waals surface area contributed by atoms with Crippen molar-refractivity contribution in [3.8, 4) is 0 Å². The smallest absolute Gasteiger partial charge is 0.0239 e. The van der Waals surface area contributed by atoms with Gasteiger partial charge in [0.25, 0.3) is 0 Å². The van der Waals surface area contributed by atoms with Crippen molar-refractivity contribution in [2.45, 2.75) is 53.5 Å². The number of hydrogen-bond acceptors (Lipinski definition) is 2. The van der Waals surface area contributed by atoms with E-state index in [9.17, 15) is 0 Å². The lowest BCUT2D eigenvalue weighted by Gasteiger charge is -2.31. The highest BCUT2D eigenvalue weighted by atomic mass is 15.1. The standard InChI is InChI=1S/C19H32N2/c1-5-9-21(13-18-7-6-8-20-12-18)14-19-16(3)10-15(2)11-17(19)4/h10-11,18,20H,5-9,12-14H2,1-4H3. The van der Waals surface area contributed by atoms with Crippen LogP contribution < -0.4 is 5.32 Å². The Balaban J connectivity index is 2.05. The molecule has 2 nitrogen and oxygen atoms in total. The second kappa shape index (κ2) is 7.95. The molecule has 1 heterocycles. The molecule has 1 aliphatic rings. The van der Waals surface area contributed by atoms with E-state index in [1.165, 1.54) is 67.7 Å². The topological polar surface area (TPSA) is 15.3 Å². The summed E-state index contributed by atoms with van der Waals surface area (Å²) in [6.07, 6.45) is 3.97. The second-order valence-electron chi connectivity index (χ2n) is 6.82. The Bertz CT molecular complexity index is 424. The molecular weight excluding hydrogens is 256 g/mol. The Morgan fingerprint density at radius 2 is 1.90 bits per heavy atom. The van der Waals surface area contributed by atoms with Gasteiger partial charge >= 0.3 is 0 Å². The van der Waals surface area contributed by atoms with Crippen LogP contribution >= 0.6 is 0 Å². The molecule has 1 N–H and O–H groups in total. The van der Waals surface area contributed by atoms with E-state index < -0.39 is 0 Å². The molecule has 1 aromatic carbocycles. The van der Waals surface area contributed by atoms with Crippen LogP contribution in [0.25, 0.3) is 0 Å². The predicted molar refractivity (Wildman–Crippen MR) is 91.8 cm³/mol. The molecule has 0 aliphatic carbocycles. The molecule has 2 rings (SSSR count). The van der Waals surface area contributed by atoms with Crippen LogP contribution in [0, 0.1) is 26.7 Å². The fourth-order valence-corrected chi connectivity index (χ4v) is 3.68. The lowest BCUT2D eigenvalue weighted by molar-refractivity contribution is 0.201. The van der Waals surface area contributed by atoms with E-state index in [2.05, 4.69) is 50.0 Å². The first-order chi connectivity index (χ1) is 10.1. The molecule has 0 bridgehead atoms. The minimum atomic E-state index is 0.830. The minimum Gasteiger partial charge on any atom is -0.316 e. The Hall–Kier alpha value is -0.860. The van der Waals surface area contributed by atoms with Crippen LogP contribution in [0.3, 0.4) is 0 Å². The molecule has 21 heavy (non-hydrogen) atoms. The lowest BCUT2D eigenvalue weighted by Crippen LogP contribution is -2.38. The van der Waals surface area contributed by atoms with Crippen LogP contribution in [-0.4, -0.2) is 31.1 Å². The molecule has 1 unspecified atom stereocenters. The summed E-state index contributed by atoms with van der Waals surface area (Å²) < 4.78 is 0. The lowest BCUT2D eigenvalue weighted by atomic mass is 9.96. The Morgan fingerprint density at radius 1 is 1.19 bits per heavy atom. The number of aryl methyl sites for hydroxylation is 3. The molecule has 0 saturated carbocycles. The van der Waals surface area contributed by atoms with Gasteiger partial charge in [0.05, 0.1) is 0 Å². The van der Waals surface area contributed by atoms with Gasteiger partial charge in [0.2, 0.25) is 0 Å². The van der Waals surface area contributed by atoms with Crippen LogP contribution in [0.1, 0.15) is 48.4 Å². The molecule has 1 saturated heterocycles. The first-order valence-electron chi connectivity index (χ1n) is 8.60. The Morgan fingerprint density at radius 3 is 2.48 bits per heavy atom. The van der Waals surface area contributed by atoms with Gasteiger partial charge in [0.15, 0.2) is 0 Å². The maximum atomic E-state index is 3.55. The summed E-state index contributed by atoms with van der Waals surface area (Å²) in [6.45, 7) is 15.0. The molecule has 1 aliphatic heterocycles. The zero-order valence-electron chi connectivity index (χ0n) is 14.3. The van der Waals surface area contributed by atoms with Crippen molar-refractivity contribution in [3.05, 3.63) is 34.4 Å². The fourth-order valence-electron chi connectivity index (χ4n) is 3.68. The van der Waals surface area contributed by atoms with Crippen molar-refractivity contribution in [1.82, 2.24) is 10.2 Å². The van der Waals surface area contributed by atoms with E-state index in [1.807, 2.05) is 0 Å².